The molecule has 2 aromatic rings. The minimum atomic E-state index is 0.802. The Morgan fingerprint density at radius 3 is 2.43 bits per heavy atom. The van der Waals surface area contributed by atoms with Crippen molar-refractivity contribution in [1.82, 2.24) is 5.32 Å². The van der Waals surface area contributed by atoms with E-state index < -0.39 is 0 Å². The summed E-state index contributed by atoms with van der Waals surface area (Å²) in [5.74, 6) is 0. The summed E-state index contributed by atoms with van der Waals surface area (Å²) in [6.45, 7) is 7.09. The molecule has 0 heterocycles. The largest absolute Gasteiger partial charge is 0.341 e. The van der Waals surface area contributed by atoms with Crippen LogP contribution in [0.1, 0.15) is 25.8 Å². The average Bonchev–Trinajstić information content (AvgIpc) is 2.51. The predicted molar refractivity (Wildman–Crippen MR) is 92.6 cm³/mol. The van der Waals surface area contributed by atoms with E-state index in [2.05, 4.69) is 66.5 Å². The SMILES string of the molecule is CCCNCc1ccc(N(CC)c2ccccc2)c(Cl)c1. The van der Waals surface area contributed by atoms with Gasteiger partial charge < -0.3 is 10.2 Å². The van der Waals surface area contributed by atoms with Crippen LogP contribution in [0.3, 0.4) is 0 Å². The Morgan fingerprint density at radius 1 is 1.05 bits per heavy atom. The first kappa shape index (κ1) is 15.9. The standard InChI is InChI=1S/C18H23ClN2/c1-3-12-20-14-15-10-11-18(17(19)13-15)21(4-2)16-8-6-5-7-9-16/h5-11,13,20H,3-4,12,14H2,1-2H3. The van der Waals surface area contributed by atoms with Crippen LogP contribution in [-0.4, -0.2) is 13.1 Å². The van der Waals surface area contributed by atoms with E-state index in [1.54, 1.807) is 0 Å². The van der Waals surface area contributed by atoms with Crippen LogP contribution >= 0.6 is 11.6 Å². The molecule has 0 unspecified atom stereocenters. The Morgan fingerprint density at radius 2 is 1.81 bits per heavy atom. The van der Waals surface area contributed by atoms with Crippen molar-refractivity contribution in [2.75, 3.05) is 18.0 Å². The van der Waals surface area contributed by atoms with Gasteiger partial charge in [-0.1, -0.05) is 42.8 Å². The van der Waals surface area contributed by atoms with E-state index in [9.17, 15) is 0 Å². The van der Waals surface area contributed by atoms with E-state index in [1.807, 2.05) is 6.07 Å². The van der Waals surface area contributed by atoms with Gasteiger partial charge in [0.2, 0.25) is 0 Å². The van der Waals surface area contributed by atoms with Crippen LogP contribution in [0.15, 0.2) is 48.5 Å². The number of hydrogen-bond acceptors (Lipinski definition) is 2. The zero-order valence-corrected chi connectivity index (χ0v) is 13.5. The van der Waals surface area contributed by atoms with Crippen molar-refractivity contribution in [2.45, 2.75) is 26.8 Å². The number of para-hydroxylation sites is 1. The summed E-state index contributed by atoms with van der Waals surface area (Å²) in [5, 5.41) is 4.20. The van der Waals surface area contributed by atoms with Crippen molar-refractivity contribution >= 4 is 23.0 Å². The molecule has 0 bridgehead atoms. The van der Waals surface area contributed by atoms with Gasteiger partial charge in [-0.15, -0.1) is 0 Å². The van der Waals surface area contributed by atoms with Gasteiger partial charge in [-0.05, 0) is 49.7 Å². The van der Waals surface area contributed by atoms with Crippen LogP contribution in [0.5, 0.6) is 0 Å². The van der Waals surface area contributed by atoms with Gasteiger partial charge in [0, 0.05) is 18.8 Å². The maximum Gasteiger partial charge on any atom is 0.0646 e. The van der Waals surface area contributed by atoms with E-state index in [1.165, 1.54) is 11.3 Å². The Kier molecular flexibility index (Phi) is 6.09. The molecule has 2 aromatic carbocycles. The van der Waals surface area contributed by atoms with Crippen molar-refractivity contribution in [3.8, 4) is 0 Å². The second-order valence-corrected chi connectivity index (χ2v) is 5.45. The first-order valence-electron chi connectivity index (χ1n) is 7.58. The topological polar surface area (TPSA) is 15.3 Å². The highest BCUT2D eigenvalue weighted by atomic mass is 35.5. The second kappa shape index (κ2) is 8.06. The van der Waals surface area contributed by atoms with Crippen LogP contribution < -0.4 is 10.2 Å². The molecule has 3 heteroatoms. The molecule has 0 aliphatic rings. The number of hydrogen-bond donors (Lipinski definition) is 1. The predicted octanol–water partition coefficient (Wildman–Crippen LogP) is 5.00. The van der Waals surface area contributed by atoms with Gasteiger partial charge in [-0.25, -0.2) is 0 Å². The number of nitrogens with zero attached hydrogens (tertiary/aromatic N) is 1. The Labute approximate surface area is 132 Å². The first-order chi connectivity index (χ1) is 10.3. The molecule has 0 saturated carbocycles. The third-order valence-corrected chi connectivity index (χ3v) is 3.75. The summed E-state index contributed by atoms with van der Waals surface area (Å²) in [7, 11) is 0. The maximum atomic E-state index is 6.50. The van der Waals surface area contributed by atoms with Crippen LogP contribution in [0, 0.1) is 0 Å². The van der Waals surface area contributed by atoms with Gasteiger partial charge in [-0.2, -0.15) is 0 Å². The molecular formula is C18H23ClN2. The summed E-state index contributed by atoms with van der Waals surface area (Å²) in [5.41, 5.74) is 3.45. The van der Waals surface area contributed by atoms with Crippen molar-refractivity contribution in [1.29, 1.82) is 0 Å². The normalized spacial score (nSPS) is 10.6. The van der Waals surface area contributed by atoms with Crippen molar-refractivity contribution in [2.24, 2.45) is 0 Å². The molecule has 0 atom stereocenters. The van der Waals surface area contributed by atoms with E-state index in [0.717, 1.165) is 36.8 Å². The number of nitrogens with one attached hydrogen (secondary N) is 1. The van der Waals surface area contributed by atoms with Crippen molar-refractivity contribution in [3.05, 3.63) is 59.1 Å². The smallest absolute Gasteiger partial charge is 0.0646 e. The molecule has 0 radical (unpaired) electrons. The fourth-order valence-corrected chi connectivity index (χ4v) is 2.69. The van der Waals surface area contributed by atoms with Gasteiger partial charge in [-0.3, -0.25) is 0 Å². The Balaban J connectivity index is 2.19. The zero-order chi connectivity index (χ0) is 15.1. The second-order valence-electron chi connectivity index (χ2n) is 5.04. The molecule has 0 aromatic heterocycles. The quantitative estimate of drug-likeness (QED) is 0.724. The molecule has 2 nitrogen and oxygen atoms in total. The monoisotopic (exact) mass is 302 g/mol. The molecule has 0 saturated heterocycles. The molecule has 112 valence electrons. The molecule has 0 spiro atoms. The van der Waals surface area contributed by atoms with Crippen LogP contribution in [0.2, 0.25) is 5.02 Å². The summed E-state index contributed by atoms with van der Waals surface area (Å²) < 4.78 is 0. The maximum absolute atomic E-state index is 6.50. The number of halogens is 1. The number of anilines is 2. The summed E-state index contributed by atoms with van der Waals surface area (Å²) >= 11 is 6.50. The molecule has 0 aliphatic heterocycles. The van der Waals surface area contributed by atoms with Crippen molar-refractivity contribution in [3.63, 3.8) is 0 Å². The van der Waals surface area contributed by atoms with E-state index in [4.69, 9.17) is 11.6 Å². The molecular weight excluding hydrogens is 280 g/mol. The van der Waals surface area contributed by atoms with Crippen LogP contribution in [-0.2, 0) is 6.54 Å². The highest BCUT2D eigenvalue weighted by molar-refractivity contribution is 6.33. The van der Waals surface area contributed by atoms with E-state index in [0.29, 0.717) is 0 Å². The lowest BCUT2D eigenvalue weighted by Crippen LogP contribution is -2.17. The minimum Gasteiger partial charge on any atom is -0.341 e. The lowest BCUT2D eigenvalue weighted by molar-refractivity contribution is 0.675. The Bertz CT molecular complexity index is 554. The highest BCUT2D eigenvalue weighted by Crippen LogP contribution is 2.32. The summed E-state index contributed by atoms with van der Waals surface area (Å²) in [6.07, 6.45) is 1.14. The highest BCUT2D eigenvalue weighted by Gasteiger charge is 2.11. The number of benzene rings is 2. The first-order valence-corrected chi connectivity index (χ1v) is 7.95. The molecule has 2 rings (SSSR count). The number of rotatable bonds is 7. The summed E-state index contributed by atoms with van der Waals surface area (Å²) in [4.78, 5) is 2.23. The van der Waals surface area contributed by atoms with E-state index >= 15 is 0 Å². The minimum absolute atomic E-state index is 0.802. The molecule has 1 N–H and O–H groups in total. The van der Waals surface area contributed by atoms with Gasteiger partial charge >= 0.3 is 0 Å². The van der Waals surface area contributed by atoms with Gasteiger partial charge in [0.05, 0.1) is 10.7 Å². The van der Waals surface area contributed by atoms with E-state index in [-0.39, 0.29) is 0 Å². The van der Waals surface area contributed by atoms with Gasteiger partial charge in [0.1, 0.15) is 0 Å². The Hall–Kier alpha value is -1.51. The molecule has 0 aliphatic carbocycles. The third kappa shape index (κ3) is 4.23. The fourth-order valence-electron chi connectivity index (χ4n) is 2.39. The van der Waals surface area contributed by atoms with Crippen molar-refractivity contribution < 1.29 is 0 Å². The fraction of sp³-hybridized carbons (Fsp3) is 0.333. The molecule has 0 amide bonds. The molecule has 0 fully saturated rings. The van der Waals surface area contributed by atoms with Crippen LogP contribution in [0.4, 0.5) is 11.4 Å². The van der Waals surface area contributed by atoms with Gasteiger partial charge in [0.25, 0.3) is 0 Å². The zero-order valence-electron chi connectivity index (χ0n) is 12.8. The third-order valence-electron chi connectivity index (χ3n) is 3.44. The van der Waals surface area contributed by atoms with Crippen LogP contribution in [0.25, 0.3) is 0 Å². The lowest BCUT2D eigenvalue weighted by Gasteiger charge is -2.24. The van der Waals surface area contributed by atoms with Gasteiger partial charge in [0.15, 0.2) is 0 Å². The average molecular weight is 303 g/mol. The summed E-state index contributed by atoms with van der Waals surface area (Å²) in [6, 6.07) is 16.7. The lowest BCUT2D eigenvalue weighted by atomic mass is 10.1. The molecule has 21 heavy (non-hydrogen) atoms.